The molecule has 7 heteroatoms. The van der Waals surface area contributed by atoms with Crippen molar-refractivity contribution in [3.05, 3.63) is 56.8 Å². The van der Waals surface area contributed by atoms with Crippen molar-refractivity contribution >= 4 is 35.0 Å². The molecule has 2 aromatic rings. The van der Waals surface area contributed by atoms with E-state index >= 15 is 0 Å². The van der Waals surface area contributed by atoms with Crippen LogP contribution in [0.1, 0.15) is 33.7 Å². The highest BCUT2D eigenvalue weighted by atomic mass is 35.5. The van der Waals surface area contributed by atoms with E-state index in [1.54, 1.807) is 25.3 Å². The number of carbonyl (C=O) groups is 2. The van der Waals surface area contributed by atoms with E-state index in [4.69, 9.17) is 32.7 Å². The first-order chi connectivity index (χ1) is 12.8. The summed E-state index contributed by atoms with van der Waals surface area (Å²) in [5.74, 6) is -0.709. The van der Waals surface area contributed by atoms with Gasteiger partial charge in [-0.2, -0.15) is 0 Å². The highest BCUT2D eigenvalue weighted by Crippen LogP contribution is 2.23. The highest BCUT2D eigenvalue weighted by Gasteiger charge is 2.17. The van der Waals surface area contributed by atoms with Crippen LogP contribution in [0.4, 0.5) is 0 Å². The Balaban J connectivity index is 1.94. The molecule has 0 amide bonds. The fourth-order valence-corrected chi connectivity index (χ4v) is 3.21. The molecule has 0 bridgehead atoms. The zero-order chi connectivity index (χ0) is 20.0. The van der Waals surface area contributed by atoms with E-state index in [9.17, 15) is 9.59 Å². The van der Waals surface area contributed by atoms with Gasteiger partial charge in [-0.1, -0.05) is 29.3 Å². The molecule has 0 atom stereocenters. The zero-order valence-corrected chi connectivity index (χ0v) is 17.2. The number of carbonyl (C=O) groups excluding carboxylic acids is 2. The number of ether oxygens (including phenoxy) is 2. The third-order valence-electron chi connectivity index (χ3n) is 4.30. The number of methoxy groups -OCH3 is 1. The maximum absolute atomic E-state index is 12.5. The van der Waals surface area contributed by atoms with E-state index in [1.165, 1.54) is 0 Å². The predicted octanol–water partition coefficient (Wildman–Crippen LogP) is 4.42. The number of ketones is 1. The van der Waals surface area contributed by atoms with E-state index in [2.05, 4.69) is 4.57 Å². The predicted molar refractivity (Wildman–Crippen MR) is 106 cm³/mol. The van der Waals surface area contributed by atoms with Crippen molar-refractivity contribution < 1.29 is 19.1 Å². The minimum atomic E-state index is -0.490. The second kappa shape index (κ2) is 9.93. The van der Waals surface area contributed by atoms with Gasteiger partial charge in [-0.25, -0.2) is 0 Å². The lowest BCUT2D eigenvalue weighted by Crippen LogP contribution is -2.16. The van der Waals surface area contributed by atoms with Gasteiger partial charge >= 0.3 is 5.97 Å². The van der Waals surface area contributed by atoms with Gasteiger partial charge in [0.05, 0.1) is 16.5 Å². The van der Waals surface area contributed by atoms with Crippen LogP contribution in [0.25, 0.3) is 0 Å². The molecule has 0 radical (unpaired) electrons. The van der Waals surface area contributed by atoms with Crippen molar-refractivity contribution in [3.63, 3.8) is 0 Å². The summed E-state index contributed by atoms with van der Waals surface area (Å²) in [7, 11) is 1.66. The Bertz CT molecular complexity index is 830. The maximum Gasteiger partial charge on any atom is 0.310 e. The Morgan fingerprint density at radius 2 is 1.85 bits per heavy atom. The molecule has 0 aliphatic heterocycles. The van der Waals surface area contributed by atoms with Crippen LogP contribution in [0.15, 0.2) is 24.3 Å². The van der Waals surface area contributed by atoms with Crippen molar-refractivity contribution in [3.8, 4) is 0 Å². The molecule has 1 aromatic carbocycles. The van der Waals surface area contributed by atoms with Crippen LogP contribution in [0, 0.1) is 13.8 Å². The molecule has 0 unspecified atom stereocenters. The molecule has 0 spiro atoms. The molecule has 2 rings (SSSR count). The number of aryl methyl sites for hydroxylation is 1. The maximum atomic E-state index is 12.5. The highest BCUT2D eigenvalue weighted by molar-refractivity contribution is 6.42. The number of benzene rings is 1. The number of hydrogen-bond acceptors (Lipinski definition) is 4. The van der Waals surface area contributed by atoms with Crippen LogP contribution in [0.5, 0.6) is 0 Å². The van der Waals surface area contributed by atoms with Gasteiger partial charge in [-0.05, 0) is 44.0 Å². The van der Waals surface area contributed by atoms with Gasteiger partial charge in [-0.3, -0.25) is 9.59 Å². The minimum absolute atomic E-state index is 0.0280. The van der Waals surface area contributed by atoms with Gasteiger partial charge < -0.3 is 14.0 Å². The third kappa shape index (κ3) is 5.83. The largest absolute Gasteiger partial charge is 0.457 e. The number of rotatable bonds is 9. The molecule has 146 valence electrons. The van der Waals surface area contributed by atoms with Crippen LogP contribution in [0.2, 0.25) is 10.0 Å². The van der Waals surface area contributed by atoms with Crippen LogP contribution < -0.4 is 0 Å². The molecule has 0 fully saturated rings. The Kier molecular flexibility index (Phi) is 7.90. The molecule has 0 N–H and O–H groups in total. The molecule has 5 nitrogen and oxygen atoms in total. The van der Waals surface area contributed by atoms with E-state index in [0.717, 1.165) is 24.4 Å². The lowest BCUT2D eigenvalue weighted by molar-refractivity contribution is -0.141. The topological polar surface area (TPSA) is 57.5 Å². The summed E-state index contributed by atoms with van der Waals surface area (Å²) in [6.07, 6.45) is 0.888. The number of hydrogen-bond donors (Lipinski definition) is 0. The summed E-state index contributed by atoms with van der Waals surface area (Å²) < 4.78 is 12.3. The van der Waals surface area contributed by atoms with Crippen molar-refractivity contribution in [2.75, 3.05) is 20.3 Å². The van der Waals surface area contributed by atoms with E-state index in [0.29, 0.717) is 27.8 Å². The number of esters is 1. The summed E-state index contributed by atoms with van der Waals surface area (Å²) in [5, 5.41) is 0.795. The molecule has 1 aromatic heterocycles. The number of Topliss-reactive ketones (excluding diaryl/α,β-unsaturated/α-hetero) is 1. The Morgan fingerprint density at radius 1 is 1.11 bits per heavy atom. The van der Waals surface area contributed by atoms with Gasteiger partial charge in [0.1, 0.15) is 0 Å². The first-order valence-corrected chi connectivity index (χ1v) is 9.37. The van der Waals surface area contributed by atoms with Crippen molar-refractivity contribution in [2.45, 2.75) is 33.2 Å². The monoisotopic (exact) mass is 411 g/mol. The van der Waals surface area contributed by atoms with Gasteiger partial charge in [0.15, 0.2) is 6.61 Å². The lowest BCUT2D eigenvalue weighted by Gasteiger charge is -2.09. The van der Waals surface area contributed by atoms with Crippen molar-refractivity contribution in [1.82, 2.24) is 4.57 Å². The SMILES string of the molecule is COCCCn1c(C)cc(C(=O)COC(=O)Cc2ccc(Cl)c(Cl)c2)c1C. The van der Waals surface area contributed by atoms with Crippen LogP contribution in [-0.4, -0.2) is 36.6 Å². The molecule has 0 aliphatic rings. The first-order valence-electron chi connectivity index (χ1n) is 8.62. The summed E-state index contributed by atoms with van der Waals surface area (Å²) in [4.78, 5) is 24.5. The summed E-state index contributed by atoms with van der Waals surface area (Å²) >= 11 is 11.8. The fourth-order valence-electron chi connectivity index (χ4n) is 2.89. The van der Waals surface area contributed by atoms with Gasteiger partial charge in [0.25, 0.3) is 0 Å². The molecule has 0 saturated heterocycles. The summed E-state index contributed by atoms with van der Waals surface area (Å²) in [6, 6.07) is 6.76. The number of halogens is 2. The first kappa shape index (κ1) is 21.5. The van der Waals surface area contributed by atoms with E-state index in [1.807, 2.05) is 19.9 Å². The van der Waals surface area contributed by atoms with Gasteiger partial charge in [0.2, 0.25) is 5.78 Å². The molecule has 1 heterocycles. The molecular weight excluding hydrogens is 389 g/mol. The number of aromatic nitrogens is 1. The van der Waals surface area contributed by atoms with Crippen molar-refractivity contribution in [1.29, 1.82) is 0 Å². The average molecular weight is 412 g/mol. The Labute approximate surface area is 169 Å². The van der Waals surface area contributed by atoms with Crippen molar-refractivity contribution in [2.24, 2.45) is 0 Å². The van der Waals surface area contributed by atoms with E-state index < -0.39 is 5.97 Å². The normalized spacial score (nSPS) is 10.9. The fraction of sp³-hybridized carbons (Fsp3) is 0.400. The van der Waals surface area contributed by atoms with Crippen LogP contribution in [-0.2, 0) is 27.2 Å². The standard InChI is InChI=1S/C20H23Cl2NO4/c1-13-9-16(14(2)23(13)7-4-8-26-3)19(24)12-27-20(25)11-15-5-6-17(21)18(22)10-15/h5-6,9-10H,4,7-8,11-12H2,1-3H3. The smallest absolute Gasteiger partial charge is 0.310 e. The van der Waals surface area contributed by atoms with Crippen LogP contribution >= 0.6 is 23.2 Å². The molecular formula is C20H23Cl2NO4. The molecule has 0 saturated carbocycles. The summed E-state index contributed by atoms with van der Waals surface area (Å²) in [6.45, 7) is 4.99. The second-order valence-electron chi connectivity index (χ2n) is 6.29. The number of nitrogens with zero attached hydrogens (tertiary/aromatic N) is 1. The Morgan fingerprint density at radius 3 is 2.52 bits per heavy atom. The van der Waals surface area contributed by atoms with Gasteiger partial charge in [0, 0.05) is 37.2 Å². The average Bonchev–Trinajstić information content (AvgIpc) is 2.91. The molecule has 27 heavy (non-hydrogen) atoms. The van der Waals surface area contributed by atoms with Crippen LogP contribution in [0.3, 0.4) is 0 Å². The molecule has 0 aliphatic carbocycles. The van der Waals surface area contributed by atoms with Gasteiger partial charge in [-0.15, -0.1) is 0 Å². The second-order valence-corrected chi connectivity index (χ2v) is 7.11. The minimum Gasteiger partial charge on any atom is -0.457 e. The quantitative estimate of drug-likeness (QED) is 0.348. The third-order valence-corrected chi connectivity index (χ3v) is 5.04. The van der Waals surface area contributed by atoms with E-state index in [-0.39, 0.29) is 18.8 Å². The zero-order valence-electron chi connectivity index (χ0n) is 15.7. The lowest BCUT2D eigenvalue weighted by atomic mass is 10.1. The summed E-state index contributed by atoms with van der Waals surface area (Å²) in [5.41, 5.74) is 3.12. The Hall–Kier alpha value is -1.82.